The van der Waals surface area contributed by atoms with Crippen molar-refractivity contribution in [3.63, 3.8) is 0 Å². The van der Waals surface area contributed by atoms with Crippen molar-refractivity contribution in [1.29, 1.82) is 0 Å². The fraction of sp³-hybridized carbons (Fsp3) is 0.979. The van der Waals surface area contributed by atoms with Crippen LogP contribution in [0.4, 0.5) is 0 Å². The molecule has 0 aliphatic heterocycles. The molecule has 10 heteroatoms. The monoisotopic (exact) mass is 835 g/mol. The summed E-state index contributed by atoms with van der Waals surface area (Å²) in [7, 11) is -4.51. The van der Waals surface area contributed by atoms with Gasteiger partial charge in [-0.1, -0.05) is 232 Å². The number of carbonyl (C=O) groups excluding carboxylic acids is 1. The summed E-state index contributed by atoms with van der Waals surface area (Å²) in [6.07, 6.45) is 44.9. The van der Waals surface area contributed by atoms with E-state index in [0.717, 1.165) is 32.1 Å². The highest BCUT2D eigenvalue weighted by Crippen LogP contribution is 2.43. The van der Waals surface area contributed by atoms with Crippen LogP contribution in [-0.4, -0.2) is 66.3 Å². The summed E-state index contributed by atoms with van der Waals surface area (Å²) in [6.45, 7) is 3.60. The minimum absolute atomic E-state index is 0.0584. The van der Waals surface area contributed by atoms with Gasteiger partial charge in [-0.05, 0) is 12.8 Å². The number of phosphoric acid groups is 1. The van der Waals surface area contributed by atoms with Crippen molar-refractivity contribution in [1.82, 2.24) is 0 Å². The number of rotatable bonds is 48. The SMILES string of the molecule is CCCCCCCCCCCCCCCCCCCCCCCC(=O)OC(COCCCCCCCCCCCCCCCCC)COP(=O)(O)OCC(O)CO. The van der Waals surface area contributed by atoms with Gasteiger partial charge in [-0.3, -0.25) is 13.8 Å². The molecule has 0 rings (SSSR count). The zero-order valence-corrected chi connectivity index (χ0v) is 38.5. The Morgan fingerprint density at radius 1 is 0.474 bits per heavy atom. The van der Waals surface area contributed by atoms with Crippen molar-refractivity contribution < 1.29 is 43.0 Å². The Hall–Kier alpha value is -0.540. The number of esters is 1. The second kappa shape index (κ2) is 45.0. The highest BCUT2D eigenvalue weighted by Gasteiger charge is 2.26. The van der Waals surface area contributed by atoms with Crippen LogP contribution in [0.3, 0.4) is 0 Å². The van der Waals surface area contributed by atoms with Crippen molar-refractivity contribution in [2.24, 2.45) is 0 Å². The van der Waals surface area contributed by atoms with Gasteiger partial charge in [0.1, 0.15) is 12.2 Å². The molecule has 0 spiro atoms. The van der Waals surface area contributed by atoms with E-state index >= 15 is 0 Å². The molecule has 0 aliphatic carbocycles. The molecule has 3 unspecified atom stereocenters. The summed E-state index contributed by atoms with van der Waals surface area (Å²) >= 11 is 0. The lowest BCUT2D eigenvalue weighted by Crippen LogP contribution is -2.29. The van der Waals surface area contributed by atoms with Crippen LogP contribution in [0.25, 0.3) is 0 Å². The fourth-order valence-electron chi connectivity index (χ4n) is 7.30. The van der Waals surface area contributed by atoms with E-state index in [2.05, 4.69) is 13.8 Å². The summed E-state index contributed by atoms with van der Waals surface area (Å²) in [6, 6.07) is 0. The van der Waals surface area contributed by atoms with E-state index in [4.69, 9.17) is 23.6 Å². The lowest BCUT2D eigenvalue weighted by atomic mass is 10.0. The van der Waals surface area contributed by atoms with Crippen LogP contribution in [0.1, 0.15) is 251 Å². The number of ether oxygens (including phenoxy) is 2. The predicted molar refractivity (Wildman–Crippen MR) is 238 cm³/mol. The number of hydrogen-bond donors (Lipinski definition) is 3. The number of phosphoric ester groups is 1. The molecule has 0 radical (unpaired) electrons. The van der Waals surface area contributed by atoms with Gasteiger partial charge in [-0.15, -0.1) is 0 Å². The van der Waals surface area contributed by atoms with E-state index in [1.165, 1.54) is 199 Å². The number of aliphatic hydroxyl groups is 2. The Bertz CT molecular complexity index is 861. The first-order valence-corrected chi connectivity index (χ1v) is 26.0. The molecule has 0 aliphatic rings. The summed E-state index contributed by atoms with van der Waals surface area (Å²) in [5, 5.41) is 18.4. The number of carbonyl (C=O) groups is 1. The average molecular weight is 835 g/mol. The molecule has 342 valence electrons. The van der Waals surface area contributed by atoms with Crippen LogP contribution >= 0.6 is 7.82 Å². The van der Waals surface area contributed by atoms with Crippen LogP contribution in [0.5, 0.6) is 0 Å². The molecule has 0 amide bonds. The maximum atomic E-state index is 12.7. The minimum Gasteiger partial charge on any atom is -0.457 e. The van der Waals surface area contributed by atoms with Gasteiger partial charge in [-0.25, -0.2) is 4.57 Å². The second-order valence-electron chi connectivity index (χ2n) is 16.9. The normalized spacial score (nSPS) is 13.8. The number of unbranched alkanes of at least 4 members (excludes halogenated alkanes) is 34. The highest BCUT2D eigenvalue weighted by atomic mass is 31.2. The van der Waals surface area contributed by atoms with Crippen LogP contribution in [0, 0.1) is 0 Å². The first-order valence-electron chi connectivity index (χ1n) is 24.5. The summed E-state index contributed by atoms with van der Waals surface area (Å²) < 4.78 is 33.5. The topological polar surface area (TPSA) is 132 Å². The smallest absolute Gasteiger partial charge is 0.457 e. The quantitative estimate of drug-likeness (QED) is 0.0311. The third kappa shape index (κ3) is 44.8. The molecule has 3 N–H and O–H groups in total. The Morgan fingerprint density at radius 2 is 0.789 bits per heavy atom. The largest absolute Gasteiger partial charge is 0.472 e. The lowest BCUT2D eigenvalue weighted by Gasteiger charge is -2.20. The van der Waals surface area contributed by atoms with Crippen LogP contribution < -0.4 is 0 Å². The van der Waals surface area contributed by atoms with Gasteiger partial charge in [0, 0.05) is 13.0 Å². The van der Waals surface area contributed by atoms with Crippen LogP contribution in [0.2, 0.25) is 0 Å². The van der Waals surface area contributed by atoms with E-state index in [9.17, 15) is 19.4 Å². The molecule has 0 aromatic heterocycles. The van der Waals surface area contributed by atoms with E-state index in [1.807, 2.05) is 0 Å². The van der Waals surface area contributed by atoms with Crippen molar-refractivity contribution >= 4 is 13.8 Å². The third-order valence-corrected chi connectivity index (χ3v) is 12.0. The van der Waals surface area contributed by atoms with Crippen LogP contribution in [-0.2, 0) is 27.9 Å². The molecule has 0 aromatic rings. The maximum Gasteiger partial charge on any atom is 0.472 e. The first kappa shape index (κ1) is 56.5. The van der Waals surface area contributed by atoms with Gasteiger partial charge >= 0.3 is 13.8 Å². The Kier molecular flexibility index (Phi) is 44.6. The standard InChI is InChI=1S/C47H95O9P/c1-3-5-7-9-11-13-15-17-19-20-21-22-23-24-25-27-29-31-33-35-37-39-47(50)56-46(44-55-57(51,52)54-42-45(49)41-48)43-53-40-38-36-34-32-30-28-26-18-16-14-12-10-8-6-4-2/h45-46,48-49H,3-44H2,1-2H3,(H,51,52). The van der Waals surface area contributed by atoms with Crippen molar-refractivity contribution in [2.75, 3.05) is 33.0 Å². The van der Waals surface area contributed by atoms with Gasteiger partial charge in [0.2, 0.25) is 0 Å². The maximum absolute atomic E-state index is 12.7. The van der Waals surface area contributed by atoms with Gasteiger partial charge in [-0.2, -0.15) is 0 Å². The Balaban J connectivity index is 4.02. The van der Waals surface area contributed by atoms with Crippen molar-refractivity contribution in [2.45, 2.75) is 264 Å². The number of hydrogen-bond acceptors (Lipinski definition) is 8. The van der Waals surface area contributed by atoms with Gasteiger partial charge in [0.15, 0.2) is 0 Å². The molecule has 0 saturated carbocycles. The first-order chi connectivity index (χ1) is 27.8. The summed E-state index contributed by atoms with van der Waals surface area (Å²) in [5.74, 6) is -0.374. The summed E-state index contributed by atoms with van der Waals surface area (Å²) in [4.78, 5) is 22.6. The number of aliphatic hydroxyl groups excluding tert-OH is 2. The minimum atomic E-state index is -4.51. The molecule has 0 aromatic carbocycles. The molecule has 0 saturated heterocycles. The highest BCUT2D eigenvalue weighted by molar-refractivity contribution is 7.47. The fourth-order valence-corrected chi connectivity index (χ4v) is 8.09. The zero-order valence-electron chi connectivity index (χ0n) is 37.6. The van der Waals surface area contributed by atoms with Gasteiger partial charge < -0.3 is 24.6 Å². The summed E-state index contributed by atoms with van der Waals surface area (Å²) in [5.41, 5.74) is 0. The van der Waals surface area contributed by atoms with Gasteiger partial charge in [0.05, 0.1) is 26.4 Å². The van der Waals surface area contributed by atoms with Crippen molar-refractivity contribution in [3.8, 4) is 0 Å². The third-order valence-electron chi connectivity index (χ3n) is 11.0. The molecule has 3 atom stereocenters. The van der Waals surface area contributed by atoms with E-state index in [1.54, 1.807) is 0 Å². The van der Waals surface area contributed by atoms with Crippen LogP contribution in [0.15, 0.2) is 0 Å². The van der Waals surface area contributed by atoms with E-state index in [0.29, 0.717) is 6.61 Å². The van der Waals surface area contributed by atoms with E-state index in [-0.39, 0.29) is 25.6 Å². The van der Waals surface area contributed by atoms with Gasteiger partial charge in [0.25, 0.3) is 0 Å². The molecular formula is C47H95O9P. The molecule has 0 fully saturated rings. The van der Waals surface area contributed by atoms with E-state index < -0.39 is 33.2 Å². The average Bonchev–Trinajstić information content (AvgIpc) is 3.20. The molecule has 57 heavy (non-hydrogen) atoms. The zero-order chi connectivity index (χ0) is 41.8. The van der Waals surface area contributed by atoms with Crippen molar-refractivity contribution in [3.05, 3.63) is 0 Å². The molecule has 9 nitrogen and oxygen atoms in total. The lowest BCUT2D eigenvalue weighted by molar-refractivity contribution is -0.154. The molecular weight excluding hydrogens is 739 g/mol. The Morgan fingerprint density at radius 3 is 1.14 bits per heavy atom. The second-order valence-corrected chi connectivity index (χ2v) is 18.3. The molecule has 0 heterocycles. The Labute approximate surface area is 352 Å². The predicted octanol–water partition coefficient (Wildman–Crippen LogP) is 13.9. The molecule has 0 bridgehead atoms.